The fourth-order valence-corrected chi connectivity index (χ4v) is 3.45. The van der Waals surface area contributed by atoms with E-state index in [4.69, 9.17) is 9.63 Å². The Kier molecular flexibility index (Phi) is 5.25. The van der Waals surface area contributed by atoms with Gasteiger partial charge in [0.2, 0.25) is 5.82 Å². The summed E-state index contributed by atoms with van der Waals surface area (Å²) >= 11 is 0. The normalized spacial score (nSPS) is 21.2. The lowest BCUT2D eigenvalue weighted by Crippen LogP contribution is -2.55. The predicted octanol–water partition coefficient (Wildman–Crippen LogP) is 2.19. The van der Waals surface area contributed by atoms with Crippen molar-refractivity contribution in [3.8, 4) is 11.4 Å². The van der Waals surface area contributed by atoms with Crippen LogP contribution in [-0.4, -0.2) is 57.3 Å². The second-order valence-electron chi connectivity index (χ2n) is 7.48. The molecule has 1 aromatic heterocycles. The molecule has 0 bridgehead atoms. The van der Waals surface area contributed by atoms with Gasteiger partial charge in [0, 0.05) is 24.2 Å². The number of amides is 2. The van der Waals surface area contributed by atoms with Crippen molar-refractivity contribution in [2.75, 3.05) is 18.4 Å². The average molecular weight is 385 g/mol. The van der Waals surface area contributed by atoms with E-state index in [-0.39, 0.29) is 24.6 Å². The van der Waals surface area contributed by atoms with Gasteiger partial charge in [-0.25, -0.2) is 4.79 Å². The van der Waals surface area contributed by atoms with E-state index in [2.05, 4.69) is 20.8 Å². The molecule has 0 saturated heterocycles. The molecule has 1 heterocycles. The van der Waals surface area contributed by atoms with Crippen LogP contribution in [0.15, 0.2) is 34.9 Å². The van der Waals surface area contributed by atoms with Crippen molar-refractivity contribution in [1.29, 1.82) is 0 Å². The minimum atomic E-state index is -0.805. The Morgan fingerprint density at radius 2 is 1.96 bits per heavy atom. The summed E-state index contributed by atoms with van der Waals surface area (Å²) in [5.41, 5.74) is 0.802. The zero-order valence-electron chi connectivity index (χ0n) is 15.4. The summed E-state index contributed by atoms with van der Waals surface area (Å²) in [5.74, 6) is 0.232. The molecule has 3 N–H and O–H groups in total. The first-order valence-electron chi connectivity index (χ1n) is 9.49. The predicted molar refractivity (Wildman–Crippen MR) is 101 cm³/mol. The van der Waals surface area contributed by atoms with Gasteiger partial charge in [-0.1, -0.05) is 35.5 Å². The molecule has 0 spiro atoms. The summed E-state index contributed by atoms with van der Waals surface area (Å²) in [6.07, 6.45) is 3.85. The Labute approximate surface area is 162 Å². The molecular formula is C19H23N5O4. The molecule has 2 amide bonds. The maximum absolute atomic E-state index is 12.1. The molecule has 2 aromatic rings. The van der Waals surface area contributed by atoms with Crippen LogP contribution in [0, 0.1) is 5.92 Å². The number of benzene rings is 1. The Bertz CT molecular complexity index is 830. The zero-order valence-corrected chi connectivity index (χ0v) is 15.4. The number of aromatic nitrogens is 2. The van der Waals surface area contributed by atoms with Crippen molar-refractivity contribution in [3.63, 3.8) is 0 Å². The van der Waals surface area contributed by atoms with Crippen LogP contribution >= 0.6 is 0 Å². The Balaban J connectivity index is 1.24. The average Bonchev–Trinajstić information content (AvgIpc) is 3.33. The van der Waals surface area contributed by atoms with Gasteiger partial charge in [0.15, 0.2) is 0 Å². The molecule has 0 atom stereocenters. The van der Waals surface area contributed by atoms with Gasteiger partial charge in [-0.15, -0.1) is 0 Å². The molecule has 1 aromatic carbocycles. The summed E-state index contributed by atoms with van der Waals surface area (Å²) in [6.45, 7) is 0.893. The van der Waals surface area contributed by atoms with Crippen molar-refractivity contribution in [1.82, 2.24) is 20.4 Å². The van der Waals surface area contributed by atoms with Crippen LogP contribution in [0.3, 0.4) is 0 Å². The highest BCUT2D eigenvalue weighted by atomic mass is 16.5. The van der Waals surface area contributed by atoms with Gasteiger partial charge in [0.1, 0.15) is 0 Å². The lowest BCUT2D eigenvalue weighted by Gasteiger charge is -2.42. The number of nitrogens with one attached hydrogen (secondary N) is 2. The van der Waals surface area contributed by atoms with Crippen molar-refractivity contribution in [2.45, 2.75) is 37.8 Å². The number of nitrogens with zero attached hydrogens (tertiary/aromatic N) is 3. The van der Waals surface area contributed by atoms with Crippen LogP contribution < -0.4 is 10.6 Å². The Morgan fingerprint density at radius 3 is 2.64 bits per heavy atom. The third-order valence-corrected chi connectivity index (χ3v) is 5.17. The van der Waals surface area contributed by atoms with E-state index in [1.807, 2.05) is 35.2 Å². The van der Waals surface area contributed by atoms with Gasteiger partial charge < -0.3 is 14.9 Å². The molecule has 148 valence electrons. The van der Waals surface area contributed by atoms with E-state index in [1.165, 1.54) is 12.8 Å². The van der Waals surface area contributed by atoms with Crippen LogP contribution in [-0.2, 0) is 4.79 Å². The quantitative estimate of drug-likeness (QED) is 0.637. The highest BCUT2D eigenvalue weighted by Crippen LogP contribution is 2.33. The summed E-state index contributed by atoms with van der Waals surface area (Å²) in [6, 6.07) is 9.19. The molecule has 4 rings (SSSR count). The third kappa shape index (κ3) is 4.66. The number of carbonyl (C=O) groups is 2. The van der Waals surface area contributed by atoms with Crippen LogP contribution in [0.4, 0.5) is 10.8 Å². The summed E-state index contributed by atoms with van der Waals surface area (Å²) in [5, 5.41) is 18.4. The fourth-order valence-electron chi connectivity index (χ4n) is 3.45. The van der Waals surface area contributed by atoms with Crippen LogP contribution in [0.1, 0.15) is 25.7 Å². The van der Waals surface area contributed by atoms with Gasteiger partial charge in [-0.2, -0.15) is 4.98 Å². The van der Waals surface area contributed by atoms with Gasteiger partial charge in [-0.05, 0) is 31.6 Å². The first kappa shape index (κ1) is 18.4. The second-order valence-corrected chi connectivity index (χ2v) is 7.48. The molecule has 9 nitrogen and oxygen atoms in total. The van der Waals surface area contributed by atoms with Gasteiger partial charge in [0.25, 0.3) is 0 Å². The molecule has 2 fully saturated rings. The van der Waals surface area contributed by atoms with Crippen LogP contribution in [0.2, 0.25) is 0 Å². The molecule has 0 unspecified atom stereocenters. The van der Waals surface area contributed by atoms with Crippen molar-refractivity contribution < 1.29 is 19.2 Å². The van der Waals surface area contributed by atoms with Crippen LogP contribution in [0.5, 0.6) is 0 Å². The number of hydrogen-bond acceptors (Lipinski definition) is 6. The highest BCUT2D eigenvalue weighted by molar-refractivity contribution is 5.87. The molecule has 9 heteroatoms. The highest BCUT2D eigenvalue weighted by Gasteiger charge is 2.37. The molecular weight excluding hydrogens is 362 g/mol. The fraction of sp³-hybridized carbons (Fsp3) is 0.474. The lowest BCUT2D eigenvalue weighted by atomic mass is 9.85. The number of aliphatic carboxylic acids is 1. The number of carbonyl (C=O) groups excluding carboxylic acids is 1. The molecule has 28 heavy (non-hydrogen) atoms. The molecule has 2 aliphatic carbocycles. The second kappa shape index (κ2) is 7.97. The third-order valence-electron chi connectivity index (χ3n) is 5.17. The summed E-state index contributed by atoms with van der Waals surface area (Å²) in [4.78, 5) is 29.4. The van der Waals surface area contributed by atoms with E-state index in [0.717, 1.165) is 24.9 Å². The minimum absolute atomic E-state index is 0.0111. The monoisotopic (exact) mass is 385 g/mol. The Hall–Kier alpha value is -2.94. The van der Waals surface area contributed by atoms with Crippen LogP contribution in [0.25, 0.3) is 11.4 Å². The number of carboxylic acid groups (broad SMARTS) is 1. The number of hydrogen-bond donors (Lipinski definition) is 3. The number of anilines is 1. The van der Waals surface area contributed by atoms with Crippen molar-refractivity contribution in [2.24, 2.45) is 5.92 Å². The van der Waals surface area contributed by atoms with Crippen molar-refractivity contribution in [3.05, 3.63) is 30.3 Å². The van der Waals surface area contributed by atoms with E-state index in [9.17, 15) is 9.59 Å². The number of carboxylic acids is 1. The van der Waals surface area contributed by atoms with Crippen molar-refractivity contribution >= 4 is 18.0 Å². The first-order valence-corrected chi connectivity index (χ1v) is 9.49. The number of rotatable bonds is 8. The van der Waals surface area contributed by atoms with E-state index in [0.29, 0.717) is 11.7 Å². The molecule has 0 radical (unpaired) electrons. The van der Waals surface area contributed by atoms with Gasteiger partial charge >= 0.3 is 18.0 Å². The van der Waals surface area contributed by atoms with E-state index < -0.39 is 12.0 Å². The topological polar surface area (TPSA) is 121 Å². The van der Waals surface area contributed by atoms with E-state index >= 15 is 0 Å². The standard InChI is InChI=1S/C19H23N5O4/c25-16(26)11-24(10-12-6-7-12)15-8-14(9-15)20-18(27)22-19-21-17(23-28-19)13-4-2-1-3-5-13/h1-5,12,14-15H,6-11H2,(H,25,26)(H2,20,21,22,23,27). The first-order chi connectivity index (χ1) is 13.6. The SMILES string of the molecule is O=C(O)CN(CC1CC1)C1CC(NC(=O)Nc2nc(-c3ccccc3)no2)C1. The zero-order chi connectivity index (χ0) is 19.5. The molecule has 2 aliphatic rings. The summed E-state index contributed by atoms with van der Waals surface area (Å²) in [7, 11) is 0. The maximum Gasteiger partial charge on any atom is 0.329 e. The molecule has 2 saturated carbocycles. The molecule has 0 aliphatic heterocycles. The minimum Gasteiger partial charge on any atom is -0.480 e. The number of urea groups is 1. The summed E-state index contributed by atoms with van der Waals surface area (Å²) < 4.78 is 5.07. The maximum atomic E-state index is 12.1. The lowest BCUT2D eigenvalue weighted by molar-refractivity contribution is -0.139. The smallest absolute Gasteiger partial charge is 0.329 e. The van der Waals surface area contributed by atoms with E-state index in [1.54, 1.807) is 0 Å². The largest absolute Gasteiger partial charge is 0.480 e. The Morgan fingerprint density at radius 1 is 1.21 bits per heavy atom. The van der Waals surface area contributed by atoms with Gasteiger partial charge in [0.05, 0.1) is 6.54 Å². The van der Waals surface area contributed by atoms with Gasteiger partial charge in [-0.3, -0.25) is 15.0 Å².